The minimum absolute atomic E-state index is 0.00117. The summed E-state index contributed by atoms with van der Waals surface area (Å²) in [6.45, 7) is 0.602. The summed E-state index contributed by atoms with van der Waals surface area (Å²) >= 11 is 0. The lowest BCUT2D eigenvalue weighted by molar-refractivity contribution is -0.140. The fourth-order valence-corrected chi connectivity index (χ4v) is 3.65. The van der Waals surface area contributed by atoms with Crippen LogP contribution in [-0.4, -0.2) is 36.9 Å². The first kappa shape index (κ1) is 17.6. The smallest absolute Gasteiger partial charge is 0.303 e. The van der Waals surface area contributed by atoms with Crippen LogP contribution in [0.25, 0.3) is 0 Å². The van der Waals surface area contributed by atoms with Crippen molar-refractivity contribution in [2.45, 2.75) is 44.8 Å². The lowest BCUT2D eigenvalue weighted by Crippen LogP contribution is -2.40. The molecule has 1 amide bonds. The Kier molecular flexibility index (Phi) is 4.37. The number of halogens is 2. The third-order valence-electron chi connectivity index (χ3n) is 5.27. The van der Waals surface area contributed by atoms with Gasteiger partial charge in [0.1, 0.15) is 0 Å². The molecular formula is C18H18F2N4O3. The molecule has 7 nitrogen and oxygen atoms in total. The average molecular weight is 376 g/mol. The van der Waals surface area contributed by atoms with Crippen molar-refractivity contribution >= 4 is 11.9 Å². The van der Waals surface area contributed by atoms with E-state index in [-0.39, 0.29) is 24.3 Å². The van der Waals surface area contributed by atoms with Gasteiger partial charge in [0.25, 0.3) is 0 Å². The Morgan fingerprint density at radius 2 is 1.78 bits per heavy atom. The van der Waals surface area contributed by atoms with Crippen molar-refractivity contribution in [2.24, 2.45) is 5.92 Å². The Labute approximate surface area is 153 Å². The molecule has 2 aliphatic rings. The van der Waals surface area contributed by atoms with Crippen LogP contribution < -0.4 is 0 Å². The molecule has 1 aromatic heterocycles. The molecule has 1 aliphatic carbocycles. The van der Waals surface area contributed by atoms with Crippen LogP contribution in [0.15, 0.2) is 18.3 Å². The van der Waals surface area contributed by atoms with Crippen LogP contribution >= 0.6 is 0 Å². The maximum absolute atomic E-state index is 13.4. The molecule has 1 saturated carbocycles. The second kappa shape index (κ2) is 6.71. The number of carbonyl (C=O) groups excluding carboxylic acids is 1. The first-order valence-electron chi connectivity index (χ1n) is 8.79. The zero-order valence-electron chi connectivity index (χ0n) is 14.4. The number of nitrogens with zero attached hydrogens (tertiary/aromatic N) is 4. The van der Waals surface area contributed by atoms with E-state index in [1.165, 1.54) is 0 Å². The van der Waals surface area contributed by atoms with Crippen LogP contribution in [0.3, 0.4) is 0 Å². The Morgan fingerprint density at radius 3 is 2.37 bits per heavy atom. The topological polar surface area (TPSA) is 88.3 Å². The summed E-state index contributed by atoms with van der Waals surface area (Å²) in [4.78, 5) is 24.9. The molecule has 0 unspecified atom stereocenters. The first-order valence-corrected chi connectivity index (χ1v) is 8.79. The van der Waals surface area contributed by atoms with Gasteiger partial charge in [0, 0.05) is 31.6 Å². The fourth-order valence-electron chi connectivity index (χ4n) is 3.65. The van der Waals surface area contributed by atoms with Crippen molar-refractivity contribution < 1.29 is 23.5 Å². The predicted octanol–water partition coefficient (Wildman–Crippen LogP) is 2.07. The number of carboxylic acid groups (broad SMARTS) is 1. The molecule has 1 aliphatic heterocycles. The number of hydrogen-bond acceptors (Lipinski definition) is 4. The van der Waals surface area contributed by atoms with Crippen molar-refractivity contribution in [3.05, 3.63) is 46.8 Å². The fraction of sp³-hybridized carbons (Fsp3) is 0.444. The molecule has 27 heavy (non-hydrogen) atoms. The Morgan fingerprint density at radius 1 is 1.15 bits per heavy atom. The Balaban J connectivity index is 1.32. The number of benzene rings is 1. The molecule has 2 heterocycles. The van der Waals surface area contributed by atoms with Crippen LogP contribution in [0.5, 0.6) is 0 Å². The van der Waals surface area contributed by atoms with Gasteiger partial charge in [-0.25, -0.2) is 13.5 Å². The van der Waals surface area contributed by atoms with E-state index in [0.717, 1.165) is 12.1 Å². The quantitative estimate of drug-likeness (QED) is 0.863. The van der Waals surface area contributed by atoms with Crippen LogP contribution in [0.1, 0.15) is 42.1 Å². The van der Waals surface area contributed by atoms with Gasteiger partial charge in [-0.3, -0.25) is 9.59 Å². The van der Waals surface area contributed by atoms with Gasteiger partial charge in [-0.05, 0) is 36.1 Å². The standard InChI is InChI=1S/C18H18F2N4O3/c19-15-5-11-7-23(8-12(11)6-16(15)20)18(27)10-3-14(4-10)24-9-13(21-22-24)1-2-17(25)26/h5-6,9-10,14H,1-4,7-8H2,(H,25,26). The van der Waals surface area contributed by atoms with E-state index in [9.17, 15) is 18.4 Å². The van der Waals surface area contributed by atoms with E-state index in [0.29, 0.717) is 49.2 Å². The normalized spacial score (nSPS) is 21.0. The zero-order chi connectivity index (χ0) is 19.1. The van der Waals surface area contributed by atoms with Gasteiger partial charge in [-0.15, -0.1) is 5.10 Å². The number of aliphatic carboxylic acids is 1. The monoisotopic (exact) mass is 376 g/mol. The molecule has 4 rings (SSSR count). The van der Waals surface area contributed by atoms with Gasteiger partial charge in [0.15, 0.2) is 11.6 Å². The predicted molar refractivity (Wildman–Crippen MR) is 88.4 cm³/mol. The third-order valence-corrected chi connectivity index (χ3v) is 5.27. The van der Waals surface area contributed by atoms with Gasteiger partial charge in [-0.1, -0.05) is 5.21 Å². The molecule has 0 atom stereocenters. The first-order chi connectivity index (χ1) is 12.9. The molecule has 142 valence electrons. The van der Waals surface area contributed by atoms with E-state index >= 15 is 0 Å². The molecule has 0 radical (unpaired) electrons. The maximum atomic E-state index is 13.4. The van der Waals surface area contributed by atoms with Crippen LogP contribution in [-0.2, 0) is 29.1 Å². The van der Waals surface area contributed by atoms with E-state index in [2.05, 4.69) is 10.3 Å². The average Bonchev–Trinajstić information content (AvgIpc) is 3.19. The van der Waals surface area contributed by atoms with Gasteiger partial charge in [0.05, 0.1) is 18.2 Å². The lowest BCUT2D eigenvalue weighted by atomic mass is 9.79. The van der Waals surface area contributed by atoms with Crippen LogP contribution in [0, 0.1) is 17.6 Å². The number of aryl methyl sites for hydroxylation is 1. The number of carboxylic acids is 1. The second-order valence-corrected chi connectivity index (χ2v) is 7.14. The molecule has 1 aromatic carbocycles. The number of carbonyl (C=O) groups is 2. The van der Waals surface area contributed by atoms with Crippen LogP contribution in [0.2, 0.25) is 0 Å². The molecule has 9 heteroatoms. The Hall–Kier alpha value is -2.84. The third kappa shape index (κ3) is 3.41. The molecular weight excluding hydrogens is 358 g/mol. The number of hydrogen-bond donors (Lipinski definition) is 1. The maximum Gasteiger partial charge on any atom is 0.303 e. The molecule has 1 N–H and O–H groups in total. The van der Waals surface area contributed by atoms with Crippen molar-refractivity contribution in [2.75, 3.05) is 0 Å². The minimum atomic E-state index is -0.892. The number of rotatable bonds is 5. The highest BCUT2D eigenvalue weighted by atomic mass is 19.2. The largest absolute Gasteiger partial charge is 0.481 e. The summed E-state index contributed by atoms with van der Waals surface area (Å²) < 4.78 is 28.4. The van der Waals surface area contributed by atoms with Gasteiger partial charge in [0.2, 0.25) is 5.91 Å². The van der Waals surface area contributed by atoms with E-state index in [4.69, 9.17) is 5.11 Å². The molecule has 0 spiro atoms. The summed E-state index contributed by atoms with van der Waals surface area (Å²) in [5.41, 5.74) is 1.92. The SMILES string of the molecule is O=C(O)CCc1cn(C2CC(C(=O)N3Cc4cc(F)c(F)cc4C3)C2)nn1. The van der Waals surface area contributed by atoms with Crippen molar-refractivity contribution in [3.63, 3.8) is 0 Å². The highest BCUT2D eigenvalue weighted by Crippen LogP contribution is 2.40. The molecule has 0 bridgehead atoms. The lowest BCUT2D eigenvalue weighted by Gasteiger charge is -2.36. The van der Waals surface area contributed by atoms with E-state index in [1.54, 1.807) is 15.8 Å². The van der Waals surface area contributed by atoms with E-state index in [1.807, 2.05) is 0 Å². The summed E-state index contributed by atoms with van der Waals surface area (Å²) in [5.74, 6) is -2.83. The van der Waals surface area contributed by atoms with Crippen molar-refractivity contribution in [3.8, 4) is 0 Å². The second-order valence-electron chi connectivity index (χ2n) is 7.14. The highest BCUT2D eigenvalue weighted by molar-refractivity contribution is 5.80. The molecule has 1 fully saturated rings. The number of fused-ring (bicyclic) bond motifs is 1. The van der Waals surface area contributed by atoms with Crippen molar-refractivity contribution in [1.29, 1.82) is 0 Å². The van der Waals surface area contributed by atoms with Gasteiger partial charge in [-0.2, -0.15) is 0 Å². The minimum Gasteiger partial charge on any atom is -0.481 e. The van der Waals surface area contributed by atoms with Gasteiger partial charge >= 0.3 is 5.97 Å². The summed E-state index contributed by atoms with van der Waals surface area (Å²) in [7, 11) is 0. The Bertz CT molecular complexity index is 877. The summed E-state index contributed by atoms with van der Waals surface area (Å²) in [6, 6.07) is 2.38. The highest BCUT2D eigenvalue weighted by Gasteiger charge is 2.40. The van der Waals surface area contributed by atoms with Crippen molar-refractivity contribution in [1.82, 2.24) is 19.9 Å². The number of amides is 1. The molecule has 2 aromatic rings. The van der Waals surface area contributed by atoms with Crippen LogP contribution in [0.4, 0.5) is 8.78 Å². The molecule has 0 saturated heterocycles. The number of aromatic nitrogens is 3. The van der Waals surface area contributed by atoms with Gasteiger partial charge < -0.3 is 10.0 Å². The summed E-state index contributed by atoms with van der Waals surface area (Å²) in [5, 5.41) is 16.7. The summed E-state index contributed by atoms with van der Waals surface area (Å²) in [6.07, 6.45) is 3.29. The van der Waals surface area contributed by atoms with E-state index < -0.39 is 17.6 Å². The zero-order valence-corrected chi connectivity index (χ0v) is 14.4.